The maximum Gasteiger partial charge on any atom is 0.271 e. The molecule has 1 fully saturated rings. The third kappa shape index (κ3) is 4.55. The first kappa shape index (κ1) is 22.5. The van der Waals surface area contributed by atoms with E-state index in [1.807, 2.05) is 35.7 Å². The molecule has 4 rings (SSSR count). The molecule has 2 atom stereocenters. The van der Waals surface area contributed by atoms with Crippen LogP contribution in [0.4, 0.5) is 20.2 Å². The van der Waals surface area contributed by atoms with Crippen molar-refractivity contribution in [2.45, 2.75) is 36.7 Å². The fourth-order valence-electron chi connectivity index (χ4n) is 3.46. The maximum absolute atomic E-state index is 13.4. The summed E-state index contributed by atoms with van der Waals surface area (Å²) in [6.45, 7) is 1.42. The Labute approximate surface area is 197 Å². The van der Waals surface area contributed by atoms with Crippen molar-refractivity contribution in [2.75, 3.05) is 18.2 Å². The number of benzene rings is 1. The van der Waals surface area contributed by atoms with E-state index in [0.717, 1.165) is 38.8 Å². The van der Waals surface area contributed by atoms with Gasteiger partial charge in [-0.25, -0.2) is 18.7 Å². The Hall–Kier alpha value is -0.740. The fraction of sp³-hybridized carbons (Fsp3) is 0.368. The Morgan fingerprint density at radius 2 is 2.13 bits per heavy atom. The molecule has 0 radical (unpaired) electrons. The predicted molar refractivity (Wildman–Crippen MR) is 129 cm³/mol. The van der Waals surface area contributed by atoms with Crippen LogP contribution in [0.25, 0.3) is 11.2 Å². The molecule has 0 amide bonds. The second-order valence-electron chi connectivity index (χ2n) is 7.02. The van der Waals surface area contributed by atoms with Gasteiger partial charge in [0.05, 0.1) is 23.9 Å². The fourth-order valence-corrected chi connectivity index (χ4v) is 6.38. The quantitative estimate of drug-likeness (QED) is 0.150. The van der Waals surface area contributed by atoms with Gasteiger partial charge in [0.1, 0.15) is 23.1 Å². The van der Waals surface area contributed by atoms with E-state index in [9.17, 15) is 8.78 Å². The molecule has 11 heteroatoms. The molecule has 3 heterocycles. The number of ether oxygens (including phenoxy) is 1. The minimum Gasteiger partial charge on any atom is -0.367 e. The first-order valence-electron chi connectivity index (χ1n) is 9.18. The molecule has 1 N–H and O–H groups in total. The Kier molecular flexibility index (Phi) is 6.75. The molecule has 0 bridgehead atoms. The van der Waals surface area contributed by atoms with E-state index in [-0.39, 0.29) is 12.5 Å². The number of hydrogen-bond donors (Lipinski definition) is 1. The van der Waals surface area contributed by atoms with Gasteiger partial charge in [0.25, 0.3) is 5.92 Å². The summed E-state index contributed by atoms with van der Waals surface area (Å²) in [4.78, 5) is 10.1. The summed E-state index contributed by atoms with van der Waals surface area (Å²) in [5.41, 5.74) is 4.08. The highest BCUT2D eigenvalue weighted by Crippen LogP contribution is 2.40. The van der Waals surface area contributed by atoms with Crippen molar-refractivity contribution in [1.29, 1.82) is 0 Å². The van der Waals surface area contributed by atoms with Crippen molar-refractivity contribution in [3.05, 3.63) is 40.8 Å². The SMILES string of the molecule is CSc1cc(C2CCC(F)(F)CO2)ccc1Nc1cc(Cl)nc2c1nc(C)n2PI. The standard InChI is InChI=1S/C19H19ClF2IN4OPS/c1-10-24-17-13(8-16(20)26-18(17)27(10)29-23)25-12-4-3-11(7-15(12)30-2)14-5-6-19(21,22)9-28-14/h3-4,7-8,14,29H,5-6,9H2,1-2H3,(H,25,26). The molecule has 5 nitrogen and oxygen atoms in total. The molecule has 2 aromatic heterocycles. The molecule has 3 aromatic rings. The summed E-state index contributed by atoms with van der Waals surface area (Å²) >= 11 is 10.1. The normalized spacial score (nSPS) is 19.1. The molecular formula is C19H19ClF2IN4OPS. The number of anilines is 2. The van der Waals surface area contributed by atoms with Crippen LogP contribution in [-0.4, -0.2) is 33.1 Å². The molecule has 1 saturated heterocycles. The molecule has 1 aliphatic rings. The number of hydrogen-bond acceptors (Lipinski definition) is 5. The van der Waals surface area contributed by atoms with Gasteiger partial charge < -0.3 is 10.1 Å². The van der Waals surface area contributed by atoms with E-state index in [4.69, 9.17) is 16.3 Å². The highest BCUT2D eigenvalue weighted by molar-refractivity contribution is 14.2. The number of aromatic nitrogens is 3. The zero-order chi connectivity index (χ0) is 21.5. The minimum atomic E-state index is -2.73. The number of rotatable bonds is 5. The van der Waals surface area contributed by atoms with E-state index in [0.29, 0.717) is 17.9 Å². The number of nitrogens with zero attached hydrogens (tertiary/aromatic N) is 3. The summed E-state index contributed by atoms with van der Waals surface area (Å²) in [7, 11) is 0. The number of thioether (sulfide) groups is 1. The van der Waals surface area contributed by atoms with E-state index in [2.05, 4.69) is 37.3 Å². The molecular weight excluding hydrogens is 564 g/mol. The highest BCUT2D eigenvalue weighted by atomic mass is 127. The van der Waals surface area contributed by atoms with Gasteiger partial charge in [-0.15, -0.1) is 11.8 Å². The van der Waals surface area contributed by atoms with E-state index in [1.54, 1.807) is 17.8 Å². The first-order valence-corrected chi connectivity index (χ1v) is 14.8. The van der Waals surface area contributed by atoms with Crippen LogP contribution in [0.15, 0.2) is 29.2 Å². The number of aryl methyl sites for hydroxylation is 1. The van der Waals surface area contributed by atoms with Gasteiger partial charge in [-0.1, -0.05) is 17.7 Å². The second kappa shape index (κ2) is 9.02. The number of alkyl halides is 2. The molecule has 30 heavy (non-hydrogen) atoms. The lowest BCUT2D eigenvalue weighted by molar-refractivity contribution is -0.145. The average molecular weight is 583 g/mol. The van der Waals surface area contributed by atoms with Gasteiger partial charge >= 0.3 is 0 Å². The molecule has 0 spiro atoms. The topological polar surface area (TPSA) is 52.0 Å². The maximum atomic E-state index is 13.4. The molecule has 0 saturated carbocycles. The zero-order valence-corrected chi connectivity index (χ0v) is 20.9. The van der Waals surface area contributed by atoms with Crippen LogP contribution in [0.1, 0.15) is 30.3 Å². The summed E-state index contributed by atoms with van der Waals surface area (Å²) in [6, 6.07) is 7.63. The van der Waals surface area contributed by atoms with E-state index in [1.165, 1.54) is 0 Å². The van der Waals surface area contributed by atoms with Crippen LogP contribution in [-0.2, 0) is 4.74 Å². The lowest BCUT2D eigenvalue weighted by atomic mass is 9.99. The minimum absolute atomic E-state index is 0.154. The lowest BCUT2D eigenvalue weighted by Crippen LogP contribution is -2.30. The van der Waals surface area contributed by atoms with Crippen LogP contribution in [0.2, 0.25) is 5.15 Å². The van der Waals surface area contributed by atoms with Crippen molar-refractivity contribution in [3.8, 4) is 0 Å². The summed E-state index contributed by atoms with van der Waals surface area (Å²) in [5.74, 6) is -1.85. The third-order valence-electron chi connectivity index (χ3n) is 4.97. The Morgan fingerprint density at radius 1 is 1.33 bits per heavy atom. The van der Waals surface area contributed by atoms with Gasteiger partial charge in [0, 0.05) is 17.4 Å². The zero-order valence-electron chi connectivity index (χ0n) is 16.2. The molecule has 2 unspecified atom stereocenters. The Morgan fingerprint density at radius 3 is 2.80 bits per heavy atom. The van der Waals surface area contributed by atoms with Gasteiger partial charge in [0.2, 0.25) is 0 Å². The van der Waals surface area contributed by atoms with Crippen molar-refractivity contribution >= 4 is 74.3 Å². The van der Waals surface area contributed by atoms with Crippen molar-refractivity contribution in [1.82, 2.24) is 14.3 Å². The highest BCUT2D eigenvalue weighted by Gasteiger charge is 2.36. The van der Waals surface area contributed by atoms with Gasteiger partial charge in [-0.3, -0.25) is 4.34 Å². The largest absolute Gasteiger partial charge is 0.367 e. The predicted octanol–water partition coefficient (Wildman–Crippen LogP) is 7.14. The van der Waals surface area contributed by atoms with Crippen LogP contribution in [0.5, 0.6) is 0 Å². The smallest absolute Gasteiger partial charge is 0.271 e. The summed E-state index contributed by atoms with van der Waals surface area (Å²) < 4.78 is 34.2. The number of pyridine rings is 1. The first-order chi connectivity index (χ1) is 14.3. The van der Waals surface area contributed by atoms with E-state index >= 15 is 0 Å². The summed E-state index contributed by atoms with van der Waals surface area (Å²) in [6.07, 6.45) is 2.29. The van der Waals surface area contributed by atoms with Crippen molar-refractivity contribution in [2.24, 2.45) is 0 Å². The van der Waals surface area contributed by atoms with Crippen LogP contribution >= 0.6 is 51.8 Å². The number of imidazole rings is 1. The third-order valence-corrected chi connectivity index (χ3v) is 8.09. The van der Waals surface area contributed by atoms with Crippen molar-refractivity contribution in [3.63, 3.8) is 0 Å². The summed E-state index contributed by atoms with van der Waals surface area (Å²) in [5, 5.41) is 3.82. The van der Waals surface area contributed by atoms with E-state index < -0.39 is 12.5 Å². The van der Waals surface area contributed by atoms with Gasteiger partial charge in [0.15, 0.2) is 5.65 Å². The average Bonchev–Trinajstić information content (AvgIpc) is 3.03. The number of halogens is 4. The van der Waals surface area contributed by atoms with Crippen LogP contribution < -0.4 is 5.32 Å². The van der Waals surface area contributed by atoms with Crippen LogP contribution in [0, 0.1) is 6.92 Å². The molecule has 160 valence electrons. The lowest BCUT2D eigenvalue weighted by Gasteiger charge is -2.29. The Balaban J connectivity index is 1.66. The Bertz CT molecular complexity index is 1090. The monoisotopic (exact) mass is 582 g/mol. The number of nitrogens with one attached hydrogen (secondary N) is 1. The second-order valence-corrected chi connectivity index (χ2v) is 10.3. The molecule has 1 aliphatic heterocycles. The molecule has 1 aromatic carbocycles. The number of fused-ring (bicyclic) bond motifs is 1. The van der Waals surface area contributed by atoms with Crippen LogP contribution in [0.3, 0.4) is 0 Å². The van der Waals surface area contributed by atoms with Crippen molar-refractivity contribution < 1.29 is 13.5 Å². The molecule has 0 aliphatic carbocycles. The van der Waals surface area contributed by atoms with Gasteiger partial charge in [-0.05, 0) is 59.3 Å². The van der Waals surface area contributed by atoms with Gasteiger partial charge in [-0.2, -0.15) is 0 Å².